The molecule has 9 heteroatoms. The van der Waals surface area contributed by atoms with Gasteiger partial charge in [-0.2, -0.15) is 4.39 Å². The summed E-state index contributed by atoms with van der Waals surface area (Å²) in [6.07, 6.45) is -1.07. The standard InChI is InChI=1S/C11H12ClF2NO4S/c1-3-15-11(16)6(2)19-7-4-5-8(20(12,17)18)10(14)9(7)13/h4-6H,3H2,1-2H3,(H,15,16). The molecule has 1 amide bonds. The minimum Gasteiger partial charge on any atom is -0.478 e. The molecule has 0 bridgehead atoms. The lowest BCUT2D eigenvalue weighted by Gasteiger charge is -2.15. The highest BCUT2D eigenvalue weighted by Crippen LogP contribution is 2.28. The number of halogens is 3. The van der Waals surface area contributed by atoms with Gasteiger partial charge in [0.05, 0.1) is 0 Å². The zero-order chi connectivity index (χ0) is 15.5. The molecule has 1 aromatic carbocycles. The molecule has 0 saturated carbocycles. The Morgan fingerprint density at radius 1 is 1.40 bits per heavy atom. The monoisotopic (exact) mass is 327 g/mol. The maximum Gasteiger partial charge on any atom is 0.264 e. The van der Waals surface area contributed by atoms with Crippen LogP contribution in [0.5, 0.6) is 5.75 Å². The van der Waals surface area contributed by atoms with E-state index in [4.69, 9.17) is 15.4 Å². The first-order valence-electron chi connectivity index (χ1n) is 5.55. The fourth-order valence-electron chi connectivity index (χ4n) is 1.36. The lowest BCUT2D eigenvalue weighted by Crippen LogP contribution is -2.36. The Hall–Kier alpha value is -1.41. The van der Waals surface area contributed by atoms with Crippen LogP contribution in [0.15, 0.2) is 17.0 Å². The van der Waals surface area contributed by atoms with Gasteiger partial charge in [0.15, 0.2) is 17.7 Å². The number of nitrogens with one attached hydrogen (secondary N) is 1. The number of rotatable bonds is 5. The van der Waals surface area contributed by atoms with E-state index in [-0.39, 0.29) is 0 Å². The third kappa shape index (κ3) is 3.80. The summed E-state index contributed by atoms with van der Waals surface area (Å²) in [5.74, 6) is -4.27. The molecule has 20 heavy (non-hydrogen) atoms. The summed E-state index contributed by atoms with van der Waals surface area (Å²) in [6, 6.07) is 1.66. The molecule has 0 radical (unpaired) electrons. The van der Waals surface area contributed by atoms with Crippen molar-refractivity contribution < 1.29 is 26.7 Å². The van der Waals surface area contributed by atoms with Gasteiger partial charge in [-0.1, -0.05) is 0 Å². The Morgan fingerprint density at radius 3 is 2.50 bits per heavy atom. The van der Waals surface area contributed by atoms with Crippen molar-refractivity contribution in [1.82, 2.24) is 5.32 Å². The molecule has 1 unspecified atom stereocenters. The van der Waals surface area contributed by atoms with Crippen molar-refractivity contribution in [1.29, 1.82) is 0 Å². The molecular formula is C11H12ClF2NO4S. The van der Waals surface area contributed by atoms with Crippen molar-refractivity contribution in [3.63, 3.8) is 0 Å². The van der Waals surface area contributed by atoms with Crippen LogP contribution in [0.3, 0.4) is 0 Å². The molecule has 5 nitrogen and oxygen atoms in total. The fraction of sp³-hybridized carbons (Fsp3) is 0.364. The average molecular weight is 328 g/mol. The maximum absolute atomic E-state index is 13.6. The molecule has 0 aromatic heterocycles. The Kier molecular flexibility index (Phi) is 5.29. The molecule has 1 atom stereocenters. The average Bonchev–Trinajstić information content (AvgIpc) is 2.33. The lowest BCUT2D eigenvalue weighted by molar-refractivity contribution is -0.127. The van der Waals surface area contributed by atoms with E-state index >= 15 is 0 Å². The molecule has 0 spiro atoms. The van der Waals surface area contributed by atoms with Crippen molar-refractivity contribution in [2.24, 2.45) is 0 Å². The summed E-state index contributed by atoms with van der Waals surface area (Å²) in [6.45, 7) is 3.38. The Bertz CT molecular complexity index is 621. The molecule has 1 aromatic rings. The quantitative estimate of drug-likeness (QED) is 0.837. The van der Waals surface area contributed by atoms with E-state index in [2.05, 4.69) is 5.32 Å². The number of carbonyl (C=O) groups is 1. The molecule has 1 N–H and O–H groups in total. The molecule has 0 saturated heterocycles. The Balaban J connectivity index is 3.06. The van der Waals surface area contributed by atoms with Gasteiger partial charge in [0, 0.05) is 17.2 Å². The summed E-state index contributed by atoms with van der Waals surface area (Å²) >= 11 is 0. The number of likely N-dealkylation sites (N-methyl/N-ethyl adjacent to an activating group) is 1. The molecule has 1 rings (SSSR count). The van der Waals surface area contributed by atoms with Crippen LogP contribution >= 0.6 is 10.7 Å². The molecule has 0 aliphatic carbocycles. The van der Waals surface area contributed by atoms with Gasteiger partial charge in [-0.15, -0.1) is 0 Å². The number of hydrogen-bond acceptors (Lipinski definition) is 4. The van der Waals surface area contributed by atoms with E-state index in [0.29, 0.717) is 6.54 Å². The third-order valence-corrected chi connectivity index (χ3v) is 3.64. The minimum absolute atomic E-state index is 0.354. The summed E-state index contributed by atoms with van der Waals surface area (Å²) in [5, 5.41) is 2.44. The van der Waals surface area contributed by atoms with Crippen LogP contribution < -0.4 is 10.1 Å². The number of benzene rings is 1. The first-order chi connectivity index (χ1) is 9.18. The Morgan fingerprint density at radius 2 is 2.00 bits per heavy atom. The highest BCUT2D eigenvalue weighted by Gasteiger charge is 2.24. The topological polar surface area (TPSA) is 72.5 Å². The van der Waals surface area contributed by atoms with Gasteiger partial charge < -0.3 is 10.1 Å². The SMILES string of the molecule is CCNC(=O)C(C)Oc1ccc(S(=O)(=O)Cl)c(F)c1F. The molecule has 0 fully saturated rings. The van der Waals surface area contributed by atoms with Gasteiger partial charge in [0.2, 0.25) is 5.82 Å². The van der Waals surface area contributed by atoms with Crippen LogP contribution in [-0.2, 0) is 13.8 Å². The summed E-state index contributed by atoms with van der Waals surface area (Å²) < 4.78 is 54.1. The van der Waals surface area contributed by atoms with E-state index in [9.17, 15) is 22.0 Å². The first-order valence-corrected chi connectivity index (χ1v) is 7.86. The van der Waals surface area contributed by atoms with Crippen LogP contribution in [0.2, 0.25) is 0 Å². The van der Waals surface area contributed by atoms with Crippen LogP contribution in [-0.4, -0.2) is 27.0 Å². The molecule has 0 heterocycles. The van der Waals surface area contributed by atoms with Gasteiger partial charge in [-0.3, -0.25) is 4.79 Å². The van der Waals surface area contributed by atoms with Gasteiger partial charge in [-0.05, 0) is 26.0 Å². The summed E-state index contributed by atoms with van der Waals surface area (Å²) in [7, 11) is 0.542. The molecule has 112 valence electrons. The van der Waals surface area contributed by atoms with Crippen molar-refractivity contribution in [2.75, 3.05) is 6.54 Å². The lowest BCUT2D eigenvalue weighted by atomic mass is 10.3. The number of amides is 1. The molecule has 0 aliphatic rings. The van der Waals surface area contributed by atoms with Gasteiger partial charge in [-0.25, -0.2) is 12.8 Å². The second-order valence-corrected chi connectivity index (χ2v) is 6.32. The van der Waals surface area contributed by atoms with Crippen LogP contribution in [0, 0.1) is 11.6 Å². The Labute approximate surface area is 119 Å². The first kappa shape index (κ1) is 16.6. The van der Waals surface area contributed by atoms with Crippen molar-refractivity contribution in [3.05, 3.63) is 23.8 Å². The fourth-order valence-corrected chi connectivity index (χ4v) is 2.25. The van der Waals surface area contributed by atoms with Gasteiger partial charge in [0.1, 0.15) is 4.90 Å². The van der Waals surface area contributed by atoms with Gasteiger partial charge >= 0.3 is 0 Å². The molecular weight excluding hydrogens is 316 g/mol. The second kappa shape index (κ2) is 6.36. The van der Waals surface area contributed by atoms with Gasteiger partial charge in [0.25, 0.3) is 15.0 Å². The second-order valence-electron chi connectivity index (χ2n) is 3.78. The van der Waals surface area contributed by atoms with Crippen molar-refractivity contribution in [3.8, 4) is 5.75 Å². The highest BCUT2D eigenvalue weighted by atomic mass is 35.7. The smallest absolute Gasteiger partial charge is 0.264 e. The third-order valence-electron chi connectivity index (χ3n) is 2.30. The normalized spacial score (nSPS) is 12.8. The predicted octanol–water partition coefficient (Wildman–Crippen LogP) is 1.80. The largest absolute Gasteiger partial charge is 0.478 e. The highest BCUT2D eigenvalue weighted by molar-refractivity contribution is 8.13. The summed E-state index contributed by atoms with van der Waals surface area (Å²) in [5.41, 5.74) is 0. The predicted molar refractivity (Wildman–Crippen MR) is 68.2 cm³/mol. The van der Waals surface area contributed by atoms with E-state index < -0.39 is 43.3 Å². The van der Waals surface area contributed by atoms with Crippen LogP contribution in [0.25, 0.3) is 0 Å². The molecule has 0 aliphatic heterocycles. The minimum atomic E-state index is -4.40. The van der Waals surface area contributed by atoms with E-state index in [0.717, 1.165) is 12.1 Å². The van der Waals surface area contributed by atoms with E-state index in [1.807, 2.05) is 0 Å². The van der Waals surface area contributed by atoms with Crippen molar-refractivity contribution in [2.45, 2.75) is 24.8 Å². The van der Waals surface area contributed by atoms with Crippen molar-refractivity contribution >= 4 is 25.6 Å². The zero-order valence-corrected chi connectivity index (χ0v) is 12.2. The van der Waals surface area contributed by atoms with E-state index in [1.165, 1.54) is 6.92 Å². The summed E-state index contributed by atoms with van der Waals surface area (Å²) in [4.78, 5) is 10.4. The number of ether oxygens (including phenoxy) is 1. The number of hydrogen-bond donors (Lipinski definition) is 1. The zero-order valence-electron chi connectivity index (χ0n) is 10.6. The maximum atomic E-state index is 13.6. The van der Waals surface area contributed by atoms with E-state index in [1.54, 1.807) is 6.92 Å². The van der Waals surface area contributed by atoms with Crippen LogP contribution in [0.4, 0.5) is 8.78 Å². The van der Waals surface area contributed by atoms with Crippen LogP contribution in [0.1, 0.15) is 13.8 Å². The number of carbonyl (C=O) groups excluding carboxylic acids is 1.